The molecule has 0 atom stereocenters. The minimum absolute atomic E-state index is 0.000784. The number of aromatic nitrogens is 4. The van der Waals surface area contributed by atoms with Crippen molar-refractivity contribution in [2.75, 3.05) is 0 Å². The van der Waals surface area contributed by atoms with Gasteiger partial charge in [-0.25, -0.2) is 4.98 Å². The van der Waals surface area contributed by atoms with Crippen LogP contribution in [0.2, 0.25) is 5.02 Å². The van der Waals surface area contributed by atoms with Crippen molar-refractivity contribution in [1.29, 1.82) is 0 Å². The SMILES string of the molecule is CCc1nn(CC)c(CC(=O)c2cncn2C)c1Cl. The lowest BCUT2D eigenvalue weighted by Gasteiger charge is -2.05. The van der Waals surface area contributed by atoms with Gasteiger partial charge in [0.15, 0.2) is 5.78 Å². The molecule has 5 nitrogen and oxygen atoms in total. The molecular weight excluding hydrogens is 264 g/mol. The van der Waals surface area contributed by atoms with E-state index in [0.29, 0.717) is 17.3 Å². The van der Waals surface area contributed by atoms with Crippen molar-refractivity contribution in [1.82, 2.24) is 19.3 Å². The normalized spacial score (nSPS) is 10.9. The van der Waals surface area contributed by atoms with Crippen molar-refractivity contribution in [3.8, 4) is 0 Å². The molecule has 0 aliphatic rings. The Bertz CT molecular complexity index is 600. The molecule has 0 aliphatic heterocycles. The maximum absolute atomic E-state index is 12.3. The first-order valence-corrected chi connectivity index (χ1v) is 6.69. The highest BCUT2D eigenvalue weighted by Crippen LogP contribution is 2.23. The van der Waals surface area contributed by atoms with Gasteiger partial charge in [0.05, 0.1) is 35.4 Å². The van der Waals surface area contributed by atoms with Gasteiger partial charge in [0.25, 0.3) is 0 Å². The van der Waals surface area contributed by atoms with Crippen LogP contribution in [0.25, 0.3) is 0 Å². The Kier molecular flexibility index (Phi) is 4.04. The summed E-state index contributed by atoms with van der Waals surface area (Å²) in [4.78, 5) is 16.2. The van der Waals surface area contributed by atoms with E-state index in [0.717, 1.165) is 17.8 Å². The van der Waals surface area contributed by atoms with Crippen molar-refractivity contribution in [3.63, 3.8) is 0 Å². The Morgan fingerprint density at radius 3 is 2.68 bits per heavy atom. The zero-order valence-electron chi connectivity index (χ0n) is 11.4. The molecular formula is C13H17ClN4O. The summed E-state index contributed by atoms with van der Waals surface area (Å²) >= 11 is 6.30. The molecule has 0 spiro atoms. The number of hydrogen-bond donors (Lipinski definition) is 0. The number of hydrogen-bond acceptors (Lipinski definition) is 3. The highest BCUT2D eigenvalue weighted by Gasteiger charge is 2.19. The first kappa shape index (κ1) is 13.8. The van der Waals surface area contributed by atoms with Gasteiger partial charge in [-0.3, -0.25) is 9.48 Å². The predicted molar refractivity (Wildman–Crippen MR) is 73.5 cm³/mol. The van der Waals surface area contributed by atoms with Crippen LogP contribution in [0, 0.1) is 0 Å². The fourth-order valence-corrected chi connectivity index (χ4v) is 2.39. The molecule has 0 amide bonds. The van der Waals surface area contributed by atoms with E-state index < -0.39 is 0 Å². The van der Waals surface area contributed by atoms with Crippen molar-refractivity contribution >= 4 is 17.4 Å². The van der Waals surface area contributed by atoms with Gasteiger partial charge in [-0.2, -0.15) is 5.10 Å². The molecule has 0 unspecified atom stereocenters. The van der Waals surface area contributed by atoms with E-state index in [2.05, 4.69) is 10.1 Å². The molecule has 2 aromatic rings. The molecule has 102 valence electrons. The second-order valence-corrected chi connectivity index (χ2v) is 4.74. The summed E-state index contributed by atoms with van der Waals surface area (Å²) in [5.74, 6) is -0.000784. The average Bonchev–Trinajstić information content (AvgIpc) is 2.95. The van der Waals surface area contributed by atoms with Crippen LogP contribution in [0.3, 0.4) is 0 Å². The molecule has 0 N–H and O–H groups in total. The standard InChI is InChI=1S/C13H17ClN4O/c1-4-9-13(14)10(18(5-2)16-9)6-12(19)11-7-15-8-17(11)3/h7-8H,4-6H2,1-3H3. The zero-order chi connectivity index (χ0) is 14.0. The second-order valence-electron chi connectivity index (χ2n) is 4.37. The minimum Gasteiger partial charge on any atom is -0.331 e. The second kappa shape index (κ2) is 5.57. The van der Waals surface area contributed by atoms with Crippen molar-refractivity contribution in [2.24, 2.45) is 7.05 Å². The van der Waals surface area contributed by atoms with Crippen molar-refractivity contribution in [2.45, 2.75) is 33.2 Å². The summed E-state index contributed by atoms with van der Waals surface area (Å²) in [6, 6.07) is 0. The average molecular weight is 281 g/mol. The lowest BCUT2D eigenvalue weighted by atomic mass is 10.1. The summed E-state index contributed by atoms with van der Waals surface area (Å²) < 4.78 is 3.51. The summed E-state index contributed by atoms with van der Waals surface area (Å²) in [5.41, 5.74) is 2.21. The van der Waals surface area contributed by atoms with Crippen LogP contribution in [0.1, 0.15) is 35.7 Å². The van der Waals surface area contributed by atoms with Gasteiger partial charge in [-0.1, -0.05) is 18.5 Å². The van der Waals surface area contributed by atoms with E-state index in [9.17, 15) is 4.79 Å². The third kappa shape index (κ3) is 2.56. The smallest absolute Gasteiger partial charge is 0.186 e. The number of imidazole rings is 1. The molecule has 0 aliphatic carbocycles. The Morgan fingerprint density at radius 1 is 1.42 bits per heavy atom. The molecule has 0 fully saturated rings. The third-order valence-corrected chi connectivity index (χ3v) is 3.56. The maximum atomic E-state index is 12.3. The summed E-state index contributed by atoms with van der Waals surface area (Å²) in [7, 11) is 1.80. The predicted octanol–water partition coefficient (Wildman–Crippen LogP) is 2.28. The Hall–Kier alpha value is -1.62. The van der Waals surface area contributed by atoms with E-state index in [1.165, 1.54) is 0 Å². The molecule has 0 radical (unpaired) electrons. The van der Waals surface area contributed by atoms with Crippen LogP contribution < -0.4 is 0 Å². The fraction of sp³-hybridized carbons (Fsp3) is 0.462. The summed E-state index contributed by atoms with van der Waals surface area (Å²) in [6.07, 6.45) is 4.20. The maximum Gasteiger partial charge on any atom is 0.186 e. The van der Waals surface area contributed by atoms with E-state index in [-0.39, 0.29) is 12.2 Å². The van der Waals surface area contributed by atoms with Crippen LogP contribution in [-0.4, -0.2) is 25.1 Å². The lowest BCUT2D eigenvalue weighted by Crippen LogP contribution is -2.12. The van der Waals surface area contributed by atoms with Crippen LogP contribution in [-0.2, 0) is 26.4 Å². The largest absolute Gasteiger partial charge is 0.331 e. The molecule has 0 saturated carbocycles. The van der Waals surface area contributed by atoms with Gasteiger partial charge in [-0.05, 0) is 13.3 Å². The monoisotopic (exact) mass is 280 g/mol. The first-order chi connectivity index (χ1) is 9.08. The molecule has 2 aromatic heterocycles. The van der Waals surface area contributed by atoms with Gasteiger partial charge >= 0.3 is 0 Å². The molecule has 0 bridgehead atoms. The van der Waals surface area contributed by atoms with E-state index >= 15 is 0 Å². The third-order valence-electron chi connectivity index (χ3n) is 3.12. The highest BCUT2D eigenvalue weighted by atomic mass is 35.5. The van der Waals surface area contributed by atoms with Gasteiger partial charge in [-0.15, -0.1) is 0 Å². The number of ketones is 1. The van der Waals surface area contributed by atoms with Gasteiger partial charge in [0, 0.05) is 13.6 Å². The number of aryl methyl sites for hydroxylation is 3. The van der Waals surface area contributed by atoms with Gasteiger partial charge < -0.3 is 4.57 Å². The number of halogens is 1. The number of carbonyl (C=O) groups is 1. The molecule has 2 rings (SSSR count). The Morgan fingerprint density at radius 2 is 2.16 bits per heavy atom. The minimum atomic E-state index is -0.000784. The molecule has 2 heterocycles. The van der Waals surface area contributed by atoms with Crippen LogP contribution in [0.4, 0.5) is 0 Å². The summed E-state index contributed by atoms with van der Waals surface area (Å²) in [5, 5.41) is 5.02. The van der Waals surface area contributed by atoms with E-state index in [4.69, 9.17) is 11.6 Å². The molecule has 0 saturated heterocycles. The topological polar surface area (TPSA) is 52.7 Å². The van der Waals surface area contributed by atoms with Crippen molar-refractivity contribution in [3.05, 3.63) is 34.6 Å². The number of nitrogens with zero attached hydrogens (tertiary/aromatic N) is 4. The van der Waals surface area contributed by atoms with Crippen molar-refractivity contribution < 1.29 is 4.79 Å². The Labute approximate surface area is 117 Å². The number of rotatable bonds is 5. The number of Topliss-reactive ketones (excluding diaryl/α,β-unsaturated/α-hetero) is 1. The summed E-state index contributed by atoms with van der Waals surface area (Å²) in [6.45, 7) is 4.69. The molecule has 0 aromatic carbocycles. The van der Waals surface area contributed by atoms with E-state index in [1.54, 1.807) is 28.8 Å². The molecule has 6 heteroatoms. The lowest BCUT2D eigenvalue weighted by molar-refractivity contribution is 0.0982. The van der Waals surface area contributed by atoms with Crippen LogP contribution >= 0.6 is 11.6 Å². The fourth-order valence-electron chi connectivity index (χ4n) is 2.05. The van der Waals surface area contributed by atoms with Crippen LogP contribution in [0.15, 0.2) is 12.5 Å². The number of carbonyl (C=O) groups excluding carboxylic acids is 1. The van der Waals surface area contributed by atoms with E-state index in [1.807, 2.05) is 13.8 Å². The first-order valence-electron chi connectivity index (χ1n) is 6.32. The quantitative estimate of drug-likeness (QED) is 0.790. The Balaban J connectivity index is 2.31. The highest BCUT2D eigenvalue weighted by molar-refractivity contribution is 6.32. The molecule has 19 heavy (non-hydrogen) atoms. The van der Waals surface area contributed by atoms with Gasteiger partial charge in [0.2, 0.25) is 0 Å². The van der Waals surface area contributed by atoms with Crippen LogP contribution in [0.5, 0.6) is 0 Å². The zero-order valence-corrected chi connectivity index (χ0v) is 12.1. The van der Waals surface area contributed by atoms with Gasteiger partial charge in [0.1, 0.15) is 5.69 Å².